The van der Waals surface area contributed by atoms with Crippen molar-refractivity contribution in [3.05, 3.63) is 0 Å². The van der Waals surface area contributed by atoms with E-state index in [4.69, 9.17) is 11.5 Å². The molecule has 0 aliphatic carbocycles. The topological polar surface area (TPSA) is 317 Å². The summed E-state index contributed by atoms with van der Waals surface area (Å²) in [5.41, 5.74) is 15.3. The molecular formula is C51H92N12O9+2. The van der Waals surface area contributed by atoms with Crippen LogP contribution in [0.15, 0.2) is 0 Å². The zero-order valence-corrected chi connectivity index (χ0v) is 45.1. The SMILES string of the molecule is CC(C)C[C@@H](C=O)NC(=O)[C@@H]1CCCN1C(=O)[C@@H]1CCCN1C(=O)[C@H](CC(C)C)NC(=O)[C@H](CCC[NH+]=C(N)N)NC(=O)[C@@H]1CCCN1C(=O)[C@H](CC(C)C)NC(=O)[C@H](CC(C)C)NC(=O)[C@@H]([NH3+])CC(C)C. The number of aldehydes is 1. The van der Waals surface area contributed by atoms with Crippen molar-refractivity contribution in [3.63, 3.8) is 0 Å². The minimum Gasteiger partial charge on any atom is -0.347 e. The molecule has 0 aromatic carbocycles. The fraction of sp³-hybridized carbons (Fsp3) is 0.804. The molecule has 3 aliphatic heterocycles. The van der Waals surface area contributed by atoms with Crippen molar-refractivity contribution in [2.75, 3.05) is 26.2 Å². The predicted molar refractivity (Wildman–Crippen MR) is 272 cm³/mol. The van der Waals surface area contributed by atoms with Gasteiger partial charge < -0.3 is 51.8 Å². The van der Waals surface area contributed by atoms with Crippen molar-refractivity contribution in [3.8, 4) is 0 Å². The van der Waals surface area contributed by atoms with E-state index < -0.39 is 89.8 Å². The molecule has 0 saturated carbocycles. The number of guanidine groups is 1. The highest BCUT2D eigenvalue weighted by Crippen LogP contribution is 2.27. The number of nitrogens with two attached hydrogens (primary N) is 2. The van der Waals surface area contributed by atoms with E-state index in [1.807, 2.05) is 69.2 Å². The summed E-state index contributed by atoms with van der Waals surface area (Å²) in [6.45, 7) is 20.5. The van der Waals surface area contributed by atoms with Crippen molar-refractivity contribution >= 4 is 59.5 Å². The molecule has 0 aromatic heterocycles. The molecule has 72 heavy (non-hydrogen) atoms. The zero-order valence-electron chi connectivity index (χ0n) is 45.1. The molecule has 408 valence electrons. The summed E-state index contributed by atoms with van der Waals surface area (Å²) in [4.78, 5) is 132. The number of quaternary nitrogens is 1. The smallest absolute Gasteiger partial charge is 0.338 e. The first-order valence-electron chi connectivity index (χ1n) is 26.7. The van der Waals surface area contributed by atoms with Gasteiger partial charge in [0.05, 0.1) is 12.6 Å². The van der Waals surface area contributed by atoms with Crippen molar-refractivity contribution in [2.24, 2.45) is 41.1 Å². The van der Waals surface area contributed by atoms with Crippen molar-refractivity contribution in [1.82, 2.24) is 41.3 Å². The first kappa shape index (κ1) is 61.0. The Kier molecular flexibility index (Phi) is 24.9. The Bertz CT molecular complexity index is 1890. The molecular weight excluding hydrogens is 925 g/mol. The van der Waals surface area contributed by atoms with Crippen molar-refractivity contribution in [2.45, 2.75) is 207 Å². The van der Waals surface area contributed by atoms with Gasteiger partial charge in [0.25, 0.3) is 5.91 Å². The Balaban J connectivity index is 1.84. The van der Waals surface area contributed by atoms with Gasteiger partial charge in [0.1, 0.15) is 48.6 Å². The lowest BCUT2D eigenvalue weighted by Gasteiger charge is -2.34. The number of carbonyl (C=O) groups excluding carboxylic acids is 9. The molecule has 0 bridgehead atoms. The lowest BCUT2D eigenvalue weighted by molar-refractivity contribution is -0.459. The van der Waals surface area contributed by atoms with E-state index in [-0.39, 0.29) is 86.3 Å². The third kappa shape index (κ3) is 18.9. The Morgan fingerprint density at radius 3 is 1.44 bits per heavy atom. The van der Waals surface area contributed by atoms with Crippen LogP contribution >= 0.6 is 0 Å². The molecule has 13 N–H and O–H groups in total. The first-order chi connectivity index (χ1) is 33.8. The number of hydrogen-bond donors (Lipinski definition) is 9. The Morgan fingerprint density at radius 1 is 0.542 bits per heavy atom. The number of likely N-dealkylation sites (tertiary alicyclic amines) is 3. The van der Waals surface area contributed by atoms with Crippen LogP contribution in [0.25, 0.3) is 0 Å². The molecule has 3 saturated heterocycles. The second-order valence-corrected chi connectivity index (χ2v) is 22.4. The lowest BCUT2D eigenvalue weighted by Crippen LogP contribution is -2.78. The predicted octanol–water partition coefficient (Wildman–Crippen LogP) is -1.44. The highest BCUT2D eigenvalue weighted by Gasteiger charge is 2.45. The standard InChI is InChI=1S/C51H90N12O9/c1-29(2)23-34(28-64)56-46(68)40-16-13-21-62(40)50(72)42-18-14-22-63(42)49(71)39(27-33(9)10)59-44(66)36(15-11-19-55-51(53)54)57-47(69)41-17-12-20-61(41)48(70)38(26-32(7)8)60-45(67)37(25-31(5)6)58-43(65)35(52)24-30(3)4/h28-42H,11-27,52H2,1-10H3,(H,56,68)(H,57,69)(H,58,65)(H,59,66)(H,60,67)(H4,53,54,55)/p+2/t34-,35-,36-,37-,38-,39-,40-,41-,42-/m0/s1. The molecule has 3 fully saturated rings. The number of carbonyl (C=O) groups is 9. The second-order valence-electron chi connectivity index (χ2n) is 22.4. The minimum atomic E-state index is -1.16. The molecule has 3 heterocycles. The number of hydrogen-bond acceptors (Lipinski definition) is 9. The van der Waals surface area contributed by atoms with Gasteiger partial charge >= 0.3 is 5.96 Å². The van der Waals surface area contributed by atoms with Gasteiger partial charge in [-0.1, -0.05) is 69.2 Å². The van der Waals surface area contributed by atoms with Gasteiger partial charge in [-0.05, 0) is 107 Å². The fourth-order valence-electron chi connectivity index (χ4n) is 10.1. The molecule has 21 nitrogen and oxygen atoms in total. The monoisotopic (exact) mass is 1020 g/mol. The third-order valence-electron chi connectivity index (χ3n) is 13.5. The summed E-state index contributed by atoms with van der Waals surface area (Å²) in [6.07, 6.45) is 5.69. The maximum atomic E-state index is 14.6. The highest BCUT2D eigenvalue weighted by atomic mass is 16.2. The normalized spacial score (nSPS) is 20.5. The van der Waals surface area contributed by atoms with Crippen LogP contribution in [0.3, 0.4) is 0 Å². The van der Waals surface area contributed by atoms with Crippen LogP contribution in [0.4, 0.5) is 0 Å². The average molecular weight is 1020 g/mol. The van der Waals surface area contributed by atoms with Crippen molar-refractivity contribution < 1.29 is 53.9 Å². The highest BCUT2D eigenvalue weighted by molar-refractivity contribution is 5.98. The zero-order chi connectivity index (χ0) is 54.0. The summed E-state index contributed by atoms with van der Waals surface area (Å²) < 4.78 is 0. The van der Waals surface area contributed by atoms with Gasteiger partial charge in [-0.2, -0.15) is 0 Å². The first-order valence-corrected chi connectivity index (χ1v) is 26.7. The van der Waals surface area contributed by atoms with Crippen LogP contribution in [0.2, 0.25) is 0 Å². The van der Waals surface area contributed by atoms with E-state index in [0.29, 0.717) is 77.0 Å². The quantitative estimate of drug-likeness (QED) is 0.0189. The van der Waals surface area contributed by atoms with Crippen LogP contribution < -0.4 is 48.8 Å². The largest absolute Gasteiger partial charge is 0.347 e. The van der Waals surface area contributed by atoms with Crippen LogP contribution in [0.5, 0.6) is 0 Å². The number of amides is 8. The van der Waals surface area contributed by atoms with Crippen molar-refractivity contribution in [1.29, 1.82) is 0 Å². The molecule has 0 spiro atoms. The lowest BCUT2D eigenvalue weighted by atomic mass is 9.98. The summed E-state index contributed by atoms with van der Waals surface area (Å²) in [7, 11) is 0. The molecule has 3 rings (SSSR count). The van der Waals surface area contributed by atoms with Gasteiger partial charge in [0.2, 0.25) is 41.4 Å². The van der Waals surface area contributed by atoms with Crippen LogP contribution in [0.1, 0.15) is 153 Å². The average Bonchev–Trinajstić information content (AvgIpc) is 4.10. The molecule has 0 radical (unpaired) electrons. The van der Waals surface area contributed by atoms with E-state index >= 15 is 0 Å². The summed E-state index contributed by atoms with van der Waals surface area (Å²) in [5, 5.41) is 14.4. The molecule has 0 unspecified atom stereocenters. The van der Waals surface area contributed by atoms with E-state index in [2.05, 4.69) is 37.3 Å². The maximum absolute atomic E-state index is 14.6. The summed E-state index contributed by atoms with van der Waals surface area (Å²) in [5.74, 6) is -3.40. The molecule has 21 heteroatoms. The minimum absolute atomic E-state index is 0.0201. The van der Waals surface area contributed by atoms with E-state index in [9.17, 15) is 43.2 Å². The number of nitrogens with one attached hydrogen (secondary N) is 6. The molecule has 3 aliphatic rings. The Morgan fingerprint density at radius 2 is 0.958 bits per heavy atom. The molecule has 8 amide bonds. The molecule has 9 atom stereocenters. The summed E-state index contributed by atoms with van der Waals surface area (Å²) >= 11 is 0. The van der Waals surface area contributed by atoms with Gasteiger partial charge in [-0.15, -0.1) is 0 Å². The number of rotatable bonds is 28. The van der Waals surface area contributed by atoms with Gasteiger partial charge in [-0.3, -0.25) is 54.8 Å². The molecule has 0 aromatic rings. The van der Waals surface area contributed by atoms with Crippen LogP contribution in [0, 0.1) is 29.6 Å². The van der Waals surface area contributed by atoms with Gasteiger partial charge in [-0.25, -0.2) is 0 Å². The second kappa shape index (κ2) is 29.4. The third-order valence-corrected chi connectivity index (χ3v) is 13.5. The van der Waals surface area contributed by atoms with Crippen LogP contribution in [-0.2, 0) is 43.2 Å². The van der Waals surface area contributed by atoms with Gasteiger partial charge in [0, 0.05) is 26.1 Å². The Labute approximate surface area is 427 Å². The van der Waals surface area contributed by atoms with Crippen LogP contribution in [-0.4, -0.2) is 155 Å². The maximum Gasteiger partial charge on any atom is 0.338 e. The fourth-order valence-corrected chi connectivity index (χ4v) is 10.1. The Hall–Kier alpha value is -5.34. The van der Waals surface area contributed by atoms with E-state index in [1.54, 1.807) is 0 Å². The van der Waals surface area contributed by atoms with E-state index in [0.717, 1.165) is 0 Å². The number of nitrogens with zero attached hydrogens (tertiary/aromatic N) is 3. The summed E-state index contributed by atoms with van der Waals surface area (Å²) in [6, 6.07) is -8.00. The van der Waals surface area contributed by atoms with E-state index in [1.165, 1.54) is 14.7 Å². The van der Waals surface area contributed by atoms with Gasteiger partial charge in [0.15, 0.2) is 6.04 Å².